The lowest BCUT2D eigenvalue weighted by Crippen LogP contribution is -2.63. The van der Waals surface area contributed by atoms with Gasteiger partial charge in [0, 0.05) is 48.1 Å². The maximum absolute atomic E-state index is 13.5. The molecule has 2 aromatic rings. The molecule has 316 valence electrons. The highest BCUT2D eigenvalue weighted by Crippen LogP contribution is 2.49. The topological polar surface area (TPSA) is 351 Å². The molecule has 23 nitrogen and oxygen atoms in total. The number of anilines is 3. The first-order chi connectivity index (χ1) is 27.9. The normalized spacial score (nSPS) is 21.7. The Morgan fingerprint density at radius 3 is 2.24 bits per heavy atom. The molecular weight excluding hydrogens is 837 g/mol. The minimum Gasteiger partial charge on any atom is -0.543 e. The molecule has 4 aliphatic heterocycles. The second-order valence-corrected chi connectivity index (χ2v) is 17.2. The van der Waals surface area contributed by atoms with Gasteiger partial charge in [0.15, 0.2) is 34.7 Å². The van der Waals surface area contributed by atoms with E-state index in [2.05, 4.69) is 25.1 Å². The smallest absolute Gasteiger partial charge is 0.350 e. The zero-order valence-electron chi connectivity index (χ0n) is 31.7. The number of carboxylic acid groups (broad SMARTS) is 3. The van der Waals surface area contributed by atoms with Crippen LogP contribution in [0, 0.1) is 11.8 Å². The largest absolute Gasteiger partial charge is 0.543 e. The number of ketones is 1. The number of hydrogen-bond acceptors (Lipinski definition) is 19. The predicted octanol–water partition coefficient (Wildman–Crippen LogP) is -3.50. The molecule has 6 heterocycles. The number of amides is 4. The molecule has 2 aromatic heterocycles. The van der Waals surface area contributed by atoms with Gasteiger partial charge in [0.05, 0.1) is 53.0 Å². The van der Waals surface area contributed by atoms with E-state index in [1.54, 1.807) is 11.7 Å². The molecule has 0 aromatic carbocycles. The molecule has 2 saturated heterocycles. The lowest BCUT2D eigenvalue weighted by molar-refractivity contribution is -0.765. The van der Waals surface area contributed by atoms with Crippen LogP contribution in [0.2, 0.25) is 0 Å². The first-order valence-electron chi connectivity index (χ1n) is 17.8. The number of nitrogens with zero attached hydrogens (tertiary/aromatic N) is 7. The van der Waals surface area contributed by atoms with Crippen molar-refractivity contribution in [1.29, 1.82) is 0 Å². The summed E-state index contributed by atoms with van der Waals surface area (Å²) in [6, 6.07) is -0.533. The number of nitrogen functional groups attached to an aromatic ring is 2. The fourth-order valence-corrected chi connectivity index (χ4v) is 10.1. The number of carbonyl (C=O) groups excluding carboxylic acids is 6. The van der Waals surface area contributed by atoms with Crippen molar-refractivity contribution >= 4 is 98.9 Å². The second kappa shape index (κ2) is 16.9. The molecule has 59 heavy (non-hydrogen) atoms. The Hall–Kier alpha value is -5.73. The first-order valence-corrected chi connectivity index (χ1v) is 20.7. The Morgan fingerprint density at radius 2 is 1.64 bits per heavy atom. The van der Waals surface area contributed by atoms with Gasteiger partial charge in [0.25, 0.3) is 0 Å². The number of Topliss-reactive ketones (excluding diaryl/α,β-unsaturated/α-hetero) is 1. The van der Waals surface area contributed by atoms with Gasteiger partial charge in [0.2, 0.25) is 29.4 Å². The third kappa shape index (κ3) is 8.28. The number of carboxylic acids is 3. The number of aliphatic carboxylic acids is 3. The van der Waals surface area contributed by atoms with Gasteiger partial charge in [-0.3, -0.25) is 29.5 Å². The number of urea groups is 1. The minimum atomic E-state index is -1.83. The second-order valence-electron chi connectivity index (χ2n) is 14.2. The fraction of sp³-hybridized carbons (Fsp3) is 0.485. The van der Waals surface area contributed by atoms with Crippen molar-refractivity contribution in [3.63, 3.8) is 0 Å². The number of rotatable bonds is 17. The Bertz CT molecular complexity index is 2230. The number of hydrogen-bond donors (Lipinski definition) is 6. The molecule has 0 bridgehead atoms. The van der Waals surface area contributed by atoms with Gasteiger partial charge in [-0.15, -0.1) is 32.9 Å². The van der Waals surface area contributed by atoms with E-state index in [9.17, 15) is 48.9 Å². The molecule has 6 rings (SSSR count). The molecule has 0 radical (unpaired) electrons. The molecule has 4 amide bonds. The molecule has 9 N–H and O–H groups in total. The summed E-state index contributed by atoms with van der Waals surface area (Å²) in [5, 5.41) is 41.9. The van der Waals surface area contributed by atoms with Crippen molar-refractivity contribution in [2.24, 2.45) is 29.8 Å². The molecule has 2 fully saturated rings. The van der Waals surface area contributed by atoms with Gasteiger partial charge in [-0.05, 0) is 32.3 Å². The minimum absolute atomic E-state index is 0.00214. The van der Waals surface area contributed by atoms with Gasteiger partial charge in [-0.25, -0.2) is 9.59 Å². The van der Waals surface area contributed by atoms with Crippen molar-refractivity contribution in [2.75, 3.05) is 41.4 Å². The van der Waals surface area contributed by atoms with Crippen molar-refractivity contribution in [3.05, 3.63) is 34.6 Å². The van der Waals surface area contributed by atoms with Crippen LogP contribution in [-0.2, 0) is 47.2 Å². The summed E-state index contributed by atoms with van der Waals surface area (Å²) >= 11 is 3.30. The van der Waals surface area contributed by atoms with Gasteiger partial charge in [-0.2, -0.15) is 9.36 Å². The van der Waals surface area contributed by atoms with Gasteiger partial charge >= 0.3 is 12.0 Å². The van der Waals surface area contributed by atoms with Crippen LogP contribution in [0.4, 0.5) is 21.4 Å². The highest BCUT2D eigenvalue weighted by molar-refractivity contribution is 8.00. The Balaban J connectivity index is 1.12. The highest BCUT2D eigenvalue weighted by atomic mass is 32.2. The van der Waals surface area contributed by atoms with Crippen LogP contribution >= 0.6 is 35.1 Å². The van der Waals surface area contributed by atoms with E-state index >= 15 is 0 Å². The van der Waals surface area contributed by atoms with E-state index in [0.29, 0.717) is 11.1 Å². The number of fused-ring (bicyclic) bond motifs is 2. The standard InChI is InChI=1S/C33H40N12O11S3/c1-33(2,30(53)54)56-40-19(23-39-31(36)59-41-23)18(46)8-16-25(48)44-20(28(49)50)13(11-57-27(16)44)4-5-15-24(47)45-21(29(51)52)14(12-58-26(15)45)9-43-10-17(22(35)42(43)3)38-32(55)37-7-6-34/h10,15-16,26-27,35H,4-9,11-12,34H2,1-3H3,(H7,36,37,38,39,41,49,50,51,52,53,54,55)/p-1/b40-19+/t15-,16-,26-,27-/m1/s1. The van der Waals surface area contributed by atoms with E-state index in [1.165, 1.54) is 48.2 Å². The number of thioether (sulfide) groups is 2. The summed E-state index contributed by atoms with van der Waals surface area (Å²) in [6.45, 7) is 2.88. The van der Waals surface area contributed by atoms with E-state index in [1.807, 2.05) is 0 Å². The summed E-state index contributed by atoms with van der Waals surface area (Å²) in [4.78, 5) is 100. The van der Waals surface area contributed by atoms with Crippen LogP contribution in [0.5, 0.6) is 0 Å². The van der Waals surface area contributed by atoms with Crippen LogP contribution < -0.4 is 42.7 Å². The van der Waals surface area contributed by atoms with Crippen LogP contribution in [0.3, 0.4) is 0 Å². The maximum atomic E-state index is 13.5. The third-order valence-corrected chi connectivity index (χ3v) is 13.3. The quantitative estimate of drug-likeness (QED) is 0.0389. The molecule has 26 heteroatoms. The van der Waals surface area contributed by atoms with Gasteiger partial charge in [0.1, 0.15) is 0 Å². The van der Waals surface area contributed by atoms with Crippen LogP contribution in [-0.4, -0.2) is 117 Å². The zero-order chi connectivity index (χ0) is 43.1. The molecule has 4 aliphatic rings. The number of carbonyl (C=O) groups is 7. The van der Waals surface area contributed by atoms with Crippen molar-refractivity contribution < 1.29 is 58.4 Å². The average Bonchev–Trinajstić information content (AvgIpc) is 3.72. The molecule has 4 atom stereocenters. The number of nitrogens with two attached hydrogens (primary N) is 3. The third-order valence-electron chi connectivity index (χ3n) is 9.98. The first kappa shape index (κ1) is 42.9. The number of oxime groups is 1. The van der Waals surface area contributed by atoms with Crippen molar-refractivity contribution in [2.45, 2.75) is 56.0 Å². The van der Waals surface area contributed by atoms with Crippen molar-refractivity contribution in [1.82, 2.24) is 29.2 Å². The fourth-order valence-electron chi connectivity index (χ4n) is 6.79. The lowest BCUT2D eigenvalue weighted by atomic mass is 9.87. The zero-order valence-corrected chi connectivity index (χ0v) is 34.1. The number of β-lactam (4-membered cyclic amide) rings is 2. The Labute approximate surface area is 347 Å². The van der Waals surface area contributed by atoms with E-state index in [4.69, 9.17) is 22.0 Å². The summed E-state index contributed by atoms with van der Waals surface area (Å²) in [6.07, 6.45) is 1.28. The Kier molecular flexibility index (Phi) is 12.3. The van der Waals surface area contributed by atoms with Crippen molar-refractivity contribution in [3.8, 4) is 0 Å². The summed E-state index contributed by atoms with van der Waals surface area (Å²) in [5.74, 6) is -7.85. The Morgan fingerprint density at radius 1 is 1.03 bits per heavy atom. The van der Waals surface area contributed by atoms with E-state index < -0.39 is 81.9 Å². The molecular formula is C33H39N12O11S3-. The SMILES string of the molecule is Cn1c(N)c(NC(=O)NCCN)c[n+]1CC1=C(C(=O)[O-])N2C(=O)[C@@H](CCC3=C(C(=O)[O-])N4C(=O)[C@@H](CC(=O)/C(=N\OC(C)(C)C(=O)O)c5nsc(N)n5)[C@H]4SC3)[C@H]2SC1. The highest BCUT2D eigenvalue weighted by Gasteiger charge is 2.55. The molecule has 0 spiro atoms. The van der Waals surface area contributed by atoms with Crippen LogP contribution in [0.1, 0.15) is 38.9 Å². The molecule has 0 saturated carbocycles. The molecule has 0 unspecified atom stereocenters. The summed E-state index contributed by atoms with van der Waals surface area (Å²) in [7, 11) is 1.61. The van der Waals surface area contributed by atoms with Crippen LogP contribution in [0.25, 0.3) is 0 Å². The summed E-state index contributed by atoms with van der Waals surface area (Å²) in [5.41, 5.74) is 15.3. The van der Waals surface area contributed by atoms with Crippen LogP contribution in [0.15, 0.2) is 33.9 Å². The average molecular weight is 876 g/mol. The number of nitrogens with one attached hydrogen (secondary N) is 2. The van der Waals surface area contributed by atoms with E-state index in [-0.39, 0.29) is 77.8 Å². The summed E-state index contributed by atoms with van der Waals surface area (Å²) < 4.78 is 7.05. The molecule has 0 aliphatic carbocycles. The van der Waals surface area contributed by atoms with Gasteiger partial charge in [-0.1, -0.05) is 5.16 Å². The monoisotopic (exact) mass is 875 g/mol. The van der Waals surface area contributed by atoms with E-state index in [0.717, 1.165) is 21.3 Å². The van der Waals surface area contributed by atoms with Gasteiger partial charge < -0.3 is 52.3 Å². The number of aromatic nitrogens is 4. The predicted molar refractivity (Wildman–Crippen MR) is 206 cm³/mol. The lowest BCUT2D eigenvalue weighted by Gasteiger charge is -2.52. The maximum Gasteiger partial charge on any atom is 0.350 e.